The molecule has 6 heteroatoms. The normalized spacial score (nSPS) is 17.3. The van der Waals surface area contributed by atoms with E-state index < -0.39 is 6.23 Å². The Bertz CT molecular complexity index is 774. The molecule has 22 heavy (non-hydrogen) atoms. The number of hydrogen-bond donors (Lipinski definition) is 1. The maximum absolute atomic E-state index is 12.1. The van der Waals surface area contributed by atoms with Crippen molar-refractivity contribution in [1.82, 2.24) is 0 Å². The van der Waals surface area contributed by atoms with Gasteiger partial charge < -0.3 is 10.1 Å². The van der Waals surface area contributed by atoms with Crippen molar-refractivity contribution in [3.8, 4) is 0 Å². The molecule has 0 aromatic heterocycles. The van der Waals surface area contributed by atoms with Crippen LogP contribution in [0.5, 0.6) is 0 Å². The molecule has 1 aliphatic heterocycles. The minimum Gasteiger partial charge on any atom is -0.352 e. The second kappa shape index (κ2) is 6.08. The molecular formula is C16H12Cl2N2O2. The summed E-state index contributed by atoms with van der Waals surface area (Å²) in [7, 11) is 1.43. The van der Waals surface area contributed by atoms with E-state index in [1.54, 1.807) is 24.3 Å². The van der Waals surface area contributed by atoms with Crippen LogP contribution in [0.2, 0.25) is 10.0 Å². The Kier molecular flexibility index (Phi) is 4.16. The highest BCUT2D eigenvalue weighted by Gasteiger charge is 2.26. The van der Waals surface area contributed by atoms with Crippen LogP contribution in [0.3, 0.4) is 0 Å². The Balaban J connectivity index is 2.26. The number of halogens is 2. The summed E-state index contributed by atoms with van der Waals surface area (Å²) >= 11 is 12.4. The van der Waals surface area contributed by atoms with E-state index >= 15 is 0 Å². The van der Waals surface area contributed by atoms with Crippen LogP contribution in [0.15, 0.2) is 47.5 Å². The van der Waals surface area contributed by atoms with Crippen LogP contribution in [-0.2, 0) is 9.53 Å². The smallest absolute Gasteiger partial charge is 0.276 e. The van der Waals surface area contributed by atoms with Crippen molar-refractivity contribution in [2.45, 2.75) is 6.23 Å². The Morgan fingerprint density at radius 1 is 1.14 bits per heavy atom. The highest BCUT2D eigenvalue weighted by molar-refractivity contribution is 6.36. The fourth-order valence-electron chi connectivity index (χ4n) is 2.29. The Hall–Kier alpha value is -1.88. The van der Waals surface area contributed by atoms with Crippen LogP contribution in [-0.4, -0.2) is 25.0 Å². The van der Waals surface area contributed by atoms with E-state index in [1.807, 2.05) is 18.2 Å². The Morgan fingerprint density at radius 3 is 2.64 bits per heavy atom. The largest absolute Gasteiger partial charge is 0.352 e. The monoisotopic (exact) mass is 334 g/mol. The van der Waals surface area contributed by atoms with Crippen LogP contribution in [0.25, 0.3) is 0 Å². The maximum Gasteiger partial charge on any atom is 0.276 e. The number of aliphatic imine (C=N–C) groups is 1. The predicted octanol–water partition coefficient (Wildman–Crippen LogP) is 3.76. The van der Waals surface area contributed by atoms with Gasteiger partial charge >= 0.3 is 0 Å². The van der Waals surface area contributed by atoms with Gasteiger partial charge in [-0.15, -0.1) is 0 Å². The number of fused-ring (bicyclic) bond motifs is 1. The zero-order valence-electron chi connectivity index (χ0n) is 11.6. The van der Waals surface area contributed by atoms with Crippen molar-refractivity contribution in [2.75, 3.05) is 12.4 Å². The Morgan fingerprint density at radius 2 is 1.91 bits per heavy atom. The molecule has 2 aromatic rings. The lowest BCUT2D eigenvalue weighted by atomic mass is 10.0. The summed E-state index contributed by atoms with van der Waals surface area (Å²) in [6.45, 7) is 0. The van der Waals surface area contributed by atoms with Crippen molar-refractivity contribution in [3.05, 3.63) is 63.6 Å². The van der Waals surface area contributed by atoms with Gasteiger partial charge in [0.1, 0.15) is 0 Å². The van der Waals surface area contributed by atoms with Gasteiger partial charge in [0, 0.05) is 28.3 Å². The molecule has 1 heterocycles. The quantitative estimate of drug-likeness (QED) is 0.909. The van der Waals surface area contributed by atoms with Crippen LogP contribution in [0.4, 0.5) is 5.69 Å². The van der Waals surface area contributed by atoms with Crippen molar-refractivity contribution in [3.63, 3.8) is 0 Å². The molecule has 3 rings (SSSR count). The van der Waals surface area contributed by atoms with Gasteiger partial charge in [0.2, 0.25) is 6.23 Å². The molecule has 1 aliphatic rings. The first kappa shape index (κ1) is 15.0. The minimum atomic E-state index is -0.947. The second-order valence-corrected chi connectivity index (χ2v) is 5.57. The Labute approximate surface area is 137 Å². The average molecular weight is 335 g/mol. The zero-order valence-corrected chi connectivity index (χ0v) is 13.2. The number of carbonyl (C=O) groups excluding carboxylic acids is 1. The van der Waals surface area contributed by atoms with E-state index in [-0.39, 0.29) is 5.91 Å². The number of methoxy groups -OCH3 is 1. The van der Waals surface area contributed by atoms with Crippen molar-refractivity contribution >= 4 is 40.5 Å². The van der Waals surface area contributed by atoms with Gasteiger partial charge in [-0.1, -0.05) is 41.4 Å². The third-order valence-electron chi connectivity index (χ3n) is 3.32. The van der Waals surface area contributed by atoms with E-state index in [0.29, 0.717) is 32.6 Å². The second-order valence-electron chi connectivity index (χ2n) is 4.72. The van der Waals surface area contributed by atoms with E-state index in [9.17, 15) is 4.79 Å². The van der Waals surface area contributed by atoms with Gasteiger partial charge in [0.25, 0.3) is 5.91 Å². The fraction of sp³-hybridized carbons (Fsp3) is 0.125. The summed E-state index contributed by atoms with van der Waals surface area (Å²) in [5, 5.41) is 3.87. The topological polar surface area (TPSA) is 50.7 Å². The summed E-state index contributed by atoms with van der Waals surface area (Å²) in [4.78, 5) is 16.6. The third-order valence-corrected chi connectivity index (χ3v) is 3.88. The molecular weight excluding hydrogens is 323 g/mol. The molecule has 0 aliphatic carbocycles. The first-order valence-corrected chi connectivity index (χ1v) is 7.32. The average Bonchev–Trinajstić information content (AvgIpc) is 2.64. The molecule has 4 nitrogen and oxygen atoms in total. The number of carbonyl (C=O) groups is 1. The van der Waals surface area contributed by atoms with Crippen molar-refractivity contribution in [1.29, 1.82) is 0 Å². The van der Waals surface area contributed by atoms with E-state index in [1.165, 1.54) is 7.11 Å². The molecule has 1 atom stereocenters. The molecule has 112 valence electrons. The number of ether oxygens (including phenoxy) is 1. The highest BCUT2D eigenvalue weighted by atomic mass is 35.5. The van der Waals surface area contributed by atoms with Crippen molar-refractivity contribution in [2.24, 2.45) is 4.99 Å². The molecule has 1 amide bonds. The van der Waals surface area contributed by atoms with Crippen LogP contribution in [0.1, 0.15) is 11.1 Å². The van der Waals surface area contributed by atoms with Gasteiger partial charge in [-0.05, 0) is 24.3 Å². The number of nitrogens with one attached hydrogen (secondary N) is 1. The lowest BCUT2D eigenvalue weighted by Gasteiger charge is -2.11. The minimum absolute atomic E-state index is 0.340. The van der Waals surface area contributed by atoms with Crippen molar-refractivity contribution < 1.29 is 9.53 Å². The number of benzodiazepines with no additional fused rings is 1. The van der Waals surface area contributed by atoms with E-state index in [0.717, 1.165) is 0 Å². The maximum atomic E-state index is 12.1. The van der Waals surface area contributed by atoms with E-state index in [4.69, 9.17) is 27.9 Å². The number of hydrogen-bond acceptors (Lipinski definition) is 3. The lowest BCUT2D eigenvalue weighted by Crippen LogP contribution is -2.26. The number of benzene rings is 2. The predicted molar refractivity (Wildman–Crippen MR) is 88.0 cm³/mol. The lowest BCUT2D eigenvalue weighted by molar-refractivity contribution is -0.125. The summed E-state index contributed by atoms with van der Waals surface area (Å²) < 4.78 is 5.16. The number of anilines is 1. The first-order valence-electron chi connectivity index (χ1n) is 6.56. The zero-order chi connectivity index (χ0) is 15.7. The SMILES string of the molecule is COC1N=C(c2ccccc2Cl)c2cc(Cl)ccc2NC1=O. The molecule has 0 saturated heterocycles. The molecule has 0 saturated carbocycles. The van der Waals surface area contributed by atoms with Gasteiger partial charge in [0.15, 0.2) is 0 Å². The number of nitrogens with zero attached hydrogens (tertiary/aromatic N) is 1. The summed E-state index contributed by atoms with van der Waals surface area (Å²) in [6.07, 6.45) is -0.947. The van der Waals surface area contributed by atoms with Gasteiger partial charge in [0.05, 0.1) is 11.4 Å². The summed E-state index contributed by atoms with van der Waals surface area (Å²) in [5.41, 5.74) is 2.60. The van der Waals surface area contributed by atoms with Crippen LogP contribution in [0, 0.1) is 0 Å². The molecule has 0 bridgehead atoms. The molecule has 0 fully saturated rings. The molecule has 1 N–H and O–H groups in total. The van der Waals surface area contributed by atoms with Gasteiger partial charge in [-0.2, -0.15) is 0 Å². The third kappa shape index (κ3) is 2.73. The molecule has 0 spiro atoms. The summed E-state index contributed by atoms with van der Waals surface area (Å²) in [5.74, 6) is -0.340. The van der Waals surface area contributed by atoms with Gasteiger partial charge in [-0.3, -0.25) is 4.79 Å². The van der Waals surface area contributed by atoms with Crippen LogP contribution < -0.4 is 5.32 Å². The molecule has 0 radical (unpaired) electrons. The number of amides is 1. The van der Waals surface area contributed by atoms with Gasteiger partial charge in [-0.25, -0.2) is 4.99 Å². The highest BCUT2D eigenvalue weighted by Crippen LogP contribution is 2.29. The first-order chi connectivity index (χ1) is 10.6. The van der Waals surface area contributed by atoms with E-state index in [2.05, 4.69) is 10.3 Å². The molecule has 1 unspecified atom stereocenters. The standard InChI is InChI=1S/C16H12Cl2N2O2/c1-22-16-15(21)19-13-7-6-9(17)8-11(13)14(20-16)10-4-2-3-5-12(10)18/h2-8,16H,1H3,(H,19,21). The molecule has 2 aromatic carbocycles. The van der Waals surface area contributed by atoms with Crippen LogP contribution >= 0.6 is 23.2 Å². The fourth-order valence-corrected chi connectivity index (χ4v) is 2.69. The summed E-state index contributed by atoms with van der Waals surface area (Å²) in [6, 6.07) is 12.5. The number of rotatable bonds is 2.